The van der Waals surface area contributed by atoms with Crippen LogP contribution in [0.15, 0.2) is 24.4 Å². The van der Waals surface area contributed by atoms with Crippen molar-refractivity contribution in [3.05, 3.63) is 24.4 Å². The van der Waals surface area contributed by atoms with Gasteiger partial charge in [-0.1, -0.05) is 22.9 Å². The van der Waals surface area contributed by atoms with Crippen molar-refractivity contribution in [2.75, 3.05) is 12.3 Å². The molecule has 0 aromatic rings. The topological polar surface area (TPSA) is 77.9 Å². The van der Waals surface area contributed by atoms with Gasteiger partial charge in [0.2, 0.25) is 11.8 Å². The third-order valence-electron chi connectivity index (χ3n) is 2.85. The first-order chi connectivity index (χ1) is 9.59. The summed E-state index contributed by atoms with van der Waals surface area (Å²) in [4.78, 5) is 35.3. The predicted molar refractivity (Wildman–Crippen MR) is 77.5 cm³/mol. The van der Waals surface area contributed by atoms with Crippen LogP contribution in [0, 0.1) is 0 Å². The molecule has 0 aromatic carbocycles. The molecule has 0 bridgehead atoms. The number of amides is 2. The minimum atomic E-state index is -1.14. The van der Waals surface area contributed by atoms with Crippen LogP contribution in [0.25, 0.3) is 0 Å². The third-order valence-corrected chi connectivity index (χ3v) is 5.16. The maximum absolute atomic E-state index is 11.6. The average Bonchev–Trinajstić information content (AvgIpc) is 2.76. The number of hydrogen-bond acceptors (Lipinski definition) is 6. The number of carboxylic acid groups (broad SMARTS) is 1. The number of aliphatic carboxylic acids is 1. The Balaban J connectivity index is 1.88. The van der Waals surface area contributed by atoms with Crippen LogP contribution in [0.2, 0.25) is 0 Å². The zero-order chi connectivity index (χ0) is 14.5. The fraction of sp³-hybridized carbons (Fsp3) is 0.417. The van der Waals surface area contributed by atoms with Gasteiger partial charge in [0.25, 0.3) is 0 Å². The monoisotopic (exact) mass is 314 g/mol. The van der Waals surface area contributed by atoms with Crippen molar-refractivity contribution in [2.24, 2.45) is 0 Å². The van der Waals surface area contributed by atoms with Crippen LogP contribution < -0.4 is 0 Å². The highest BCUT2D eigenvalue weighted by Crippen LogP contribution is 2.30. The first-order valence-corrected chi connectivity index (χ1v) is 8.34. The van der Waals surface area contributed by atoms with Crippen molar-refractivity contribution >= 4 is 39.6 Å². The first kappa shape index (κ1) is 15.0. The number of nitrogens with zero attached hydrogens (tertiary/aromatic N) is 2. The van der Waals surface area contributed by atoms with E-state index in [0.29, 0.717) is 0 Å². The molecule has 2 amide bonds. The van der Waals surface area contributed by atoms with Gasteiger partial charge in [0, 0.05) is 42.3 Å². The lowest BCUT2D eigenvalue weighted by molar-refractivity contribution is -0.153. The van der Waals surface area contributed by atoms with Crippen molar-refractivity contribution < 1.29 is 19.5 Å². The Morgan fingerprint density at radius 1 is 1.30 bits per heavy atom. The van der Waals surface area contributed by atoms with Crippen LogP contribution in [0.4, 0.5) is 0 Å². The normalized spacial score (nSPS) is 19.8. The number of hydrogen-bond donors (Lipinski definition) is 1. The molecule has 1 saturated heterocycles. The van der Waals surface area contributed by atoms with Gasteiger partial charge < -0.3 is 9.41 Å². The van der Waals surface area contributed by atoms with E-state index in [1.54, 1.807) is 0 Å². The number of carboxylic acids is 1. The smallest absolute Gasteiger partial charge is 0.327 e. The molecule has 1 atom stereocenters. The second-order valence-electron chi connectivity index (χ2n) is 4.24. The zero-order valence-corrected chi connectivity index (χ0v) is 12.2. The van der Waals surface area contributed by atoms with Crippen molar-refractivity contribution in [3.8, 4) is 0 Å². The van der Waals surface area contributed by atoms with E-state index in [1.165, 1.54) is 21.8 Å². The minimum absolute atomic E-state index is 0.111. The summed E-state index contributed by atoms with van der Waals surface area (Å²) in [5, 5.41) is 9.20. The number of likely N-dealkylation sites (tertiary alicyclic amines) is 1. The van der Waals surface area contributed by atoms with Gasteiger partial charge >= 0.3 is 5.97 Å². The molecule has 108 valence electrons. The Bertz CT molecular complexity index is 462. The summed E-state index contributed by atoms with van der Waals surface area (Å²) in [6.45, 7) is 0.744. The van der Waals surface area contributed by atoms with Gasteiger partial charge in [0.15, 0.2) is 0 Å². The van der Waals surface area contributed by atoms with Gasteiger partial charge in [-0.25, -0.2) is 4.79 Å². The van der Waals surface area contributed by atoms with Gasteiger partial charge in [-0.2, -0.15) is 0 Å². The zero-order valence-electron chi connectivity index (χ0n) is 10.6. The summed E-state index contributed by atoms with van der Waals surface area (Å²) in [7, 11) is 2.72. The molecule has 1 unspecified atom stereocenters. The largest absolute Gasteiger partial charge is 0.480 e. The van der Waals surface area contributed by atoms with E-state index in [1.807, 2.05) is 28.7 Å². The molecule has 1 N–H and O–H groups in total. The highest BCUT2D eigenvalue weighted by molar-refractivity contribution is 8.75. The van der Waals surface area contributed by atoms with E-state index in [9.17, 15) is 19.5 Å². The van der Waals surface area contributed by atoms with E-state index < -0.39 is 23.8 Å². The highest BCUT2D eigenvalue weighted by Gasteiger charge is 2.38. The molecule has 0 spiro atoms. The average molecular weight is 314 g/mol. The van der Waals surface area contributed by atoms with E-state index >= 15 is 0 Å². The molecule has 2 aliphatic heterocycles. The Morgan fingerprint density at radius 2 is 2.00 bits per heavy atom. The van der Waals surface area contributed by atoms with E-state index in [-0.39, 0.29) is 18.6 Å². The molecular weight excluding hydrogens is 300 g/mol. The molecule has 0 saturated carbocycles. The molecular formula is C12H14N2O4S2. The fourth-order valence-corrected chi connectivity index (χ4v) is 4.06. The third kappa shape index (κ3) is 3.57. The maximum atomic E-state index is 11.6. The van der Waals surface area contributed by atoms with E-state index in [4.69, 9.17) is 0 Å². The molecule has 0 radical (unpaired) electrons. The number of imide groups is 1. The number of rotatable bonds is 6. The van der Waals surface area contributed by atoms with E-state index in [0.717, 1.165) is 11.4 Å². The lowest BCUT2D eigenvalue weighted by atomic mass is 10.3. The van der Waals surface area contributed by atoms with Crippen molar-refractivity contribution in [3.63, 3.8) is 0 Å². The molecule has 1 fully saturated rings. The lowest BCUT2D eigenvalue weighted by Crippen LogP contribution is -2.46. The molecule has 20 heavy (non-hydrogen) atoms. The SMILES string of the molecule is O=C(O)C(CSSN1C=CC=CC1)N1C(=O)CCC1=O. The van der Waals surface area contributed by atoms with Crippen LogP contribution in [0.3, 0.4) is 0 Å². The molecule has 0 aromatic heterocycles. The first-order valence-electron chi connectivity index (χ1n) is 6.07. The van der Waals surface area contributed by atoms with Crippen molar-refractivity contribution in [1.29, 1.82) is 0 Å². The Kier molecular flexibility index (Phi) is 5.13. The van der Waals surface area contributed by atoms with Gasteiger partial charge in [-0.05, 0) is 6.08 Å². The summed E-state index contributed by atoms with van der Waals surface area (Å²) in [6, 6.07) is -1.08. The Morgan fingerprint density at radius 3 is 2.55 bits per heavy atom. The van der Waals surface area contributed by atoms with Crippen molar-refractivity contribution in [2.45, 2.75) is 18.9 Å². The maximum Gasteiger partial charge on any atom is 0.327 e. The molecule has 0 aliphatic carbocycles. The summed E-state index contributed by atoms with van der Waals surface area (Å²) in [6.07, 6.45) is 7.91. The Hall–Kier alpha value is -1.41. The summed E-state index contributed by atoms with van der Waals surface area (Å²) >= 11 is 0. The Labute approximate surface area is 124 Å². The molecule has 2 heterocycles. The number of allylic oxidation sites excluding steroid dienone is 2. The molecule has 6 nitrogen and oxygen atoms in total. The van der Waals surface area contributed by atoms with Crippen LogP contribution in [0.1, 0.15) is 12.8 Å². The minimum Gasteiger partial charge on any atom is -0.480 e. The van der Waals surface area contributed by atoms with Crippen LogP contribution in [-0.2, 0) is 14.4 Å². The van der Waals surface area contributed by atoms with Crippen LogP contribution in [-0.4, -0.2) is 50.4 Å². The molecule has 8 heteroatoms. The summed E-state index contributed by atoms with van der Waals surface area (Å²) in [5.41, 5.74) is 0. The van der Waals surface area contributed by atoms with Gasteiger partial charge in [-0.15, -0.1) is 0 Å². The van der Waals surface area contributed by atoms with Gasteiger partial charge in [-0.3, -0.25) is 14.5 Å². The highest BCUT2D eigenvalue weighted by atomic mass is 33.1. The second-order valence-corrected chi connectivity index (χ2v) is 6.58. The second kappa shape index (κ2) is 6.85. The fourth-order valence-electron chi connectivity index (χ4n) is 1.87. The molecule has 2 rings (SSSR count). The number of carbonyl (C=O) groups excluding carboxylic acids is 2. The number of carbonyl (C=O) groups is 3. The van der Waals surface area contributed by atoms with Crippen molar-refractivity contribution in [1.82, 2.24) is 9.21 Å². The van der Waals surface area contributed by atoms with Gasteiger partial charge in [0.05, 0.1) is 0 Å². The van der Waals surface area contributed by atoms with E-state index in [2.05, 4.69) is 0 Å². The standard InChI is InChI=1S/C12H14N2O4S2/c15-10-4-5-11(16)14(10)9(12(17)18)8-19-20-13-6-2-1-3-7-13/h1-3,6,9H,4-5,7-8H2,(H,17,18). The van der Waals surface area contributed by atoms with Crippen LogP contribution in [0.5, 0.6) is 0 Å². The summed E-state index contributed by atoms with van der Waals surface area (Å²) in [5.74, 6) is -1.76. The quantitative estimate of drug-likeness (QED) is 0.449. The summed E-state index contributed by atoms with van der Waals surface area (Å²) < 4.78 is 1.94. The van der Waals surface area contributed by atoms with Crippen LogP contribution >= 0.6 is 21.8 Å². The van der Waals surface area contributed by atoms with Gasteiger partial charge in [0.1, 0.15) is 6.04 Å². The molecule has 2 aliphatic rings. The predicted octanol–water partition coefficient (Wildman–Crippen LogP) is 1.27. The lowest BCUT2D eigenvalue weighted by Gasteiger charge is -2.23.